The van der Waals surface area contributed by atoms with Crippen LogP contribution in [0.15, 0.2) is 66.9 Å². The monoisotopic (exact) mass is 382 g/mol. The van der Waals surface area contributed by atoms with Gasteiger partial charge in [0.05, 0.1) is 6.20 Å². The van der Waals surface area contributed by atoms with Crippen LogP contribution in [0.3, 0.4) is 0 Å². The standard InChI is InChI=1S/C21H18N8/c1-14-13-20(29-19(23-14)11-12-22-29)28(2)16-9-7-15(8-10-16)17-5-3-4-6-18(17)21-24-26-27-25-21/h3-13H,1-2H3,(H,24,25,26,27). The summed E-state index contributed by atoms with van der Waals surface area (Å²) in [6.07, 6.45) is 1.76. The van der Waals surface area contributed by atoms with Gasteiger partial charge in [0, 0.05) is 36.1 Å². The molecular formula is C21H18N8. The number of anilines is 2. The van der Waals surface area contributed by atoms with E-state index in [9.17, 15) is 0 Å². The number of tetrazole rings is 1. The molecule has 142 valence electrons. The van der Waals surface area contributed by atoms with Gasteiger partial charge in [0.15, 0.2) is 5.65 Å². The predicted octanol–water partition coefficient (Wildman–Crippen LogP) is 3.65. The van der Waals surface area contributed by atoms with Crippen molar-refractivity contribution in [3.05, 3.63) is 72.6 Å². The highest BCUT2D eigenvalue weighted by molar-refractivity contribution is 5.81. The molecule has 0 fully saturated rings. The maximum Gasteiger partial charge on any atom is 0.205 e. The average Bonchev–Trinajstić information content (AvgIpc) is 3.45. The van der Waals surface area contributed by atoms with Crippen molar-refractivity contribution in [1.29, 1.82) is 0 Å². The summed E-state index contributed by atoms with van der Waals surface area (Å²) in [5.41, 5.74) is 5.90. The first-order valence-electron chi connectivity index (χ1n) is 9.19. The van der Waals surface area contributed by atoms with Crippen LogP contribution in [0.1, 0.15) is 5.69 Å². The van der Waals surface area contributed by atoms with Crippen molar-refractivity contribution < 1.29 is 0 Å². The van der Waals surface area contributed by atoms with Crippen LogP contribution in [0.25, 0.3) is 28.2 Å². The van der Waals surface area contributed by atoms with Gasteiger partial charge in [-0.2, -0.15) is 14.8 Å². The molecule has 1 N–H and O–H groups in total. The first-order chi connectivity index (χ1) is 14.2. The van der Waals surface area contributed by atoms with Gasteiger partial charge in [0.2, 0.25) is 5.82 Å². The lowest BCUT2D eigenvalue weighted by Crippen LogP contribution is -2.14. The van der Waals surface area contributed by atoms with Crippen LogP contribution in [-0.2, 0) is 0 Å². The summed E-state index contributed by atoms with van der Waals surface area (Å²) in [5.74, 6) is 1.53. The Labute approximate surface area is 166 Å². The number of nitrogens with one attached hydrogen (secondary N) is 1. The Morgan fingerprint density at radius 3 is 2.52 bits per heavy atom. The van der Waals surface area contributed by atoms with E-state index >= 15 is 0 Å². The number of H-pyrrole nitrogens is 1. The van der Waals surface area contributed by atoms with Crippen LogP contribution in [0.4, 0.5) is 11.5 Å². The van der Waals surface area contributed by atoms with Crippen molar-refractivity contribution in [3.8, 4) is 22.5 Å². The van der Waals surface area contributed by atoms with E-state index in [0.717, 1.165) is 39.5 Å². The predicted molar refractivity (Wildman–Crippen MR) is 111 cm³/mol. The smallest absolute Gasteiger partial charge is 0.205 e. The van der Waals surface area contributed by atoms with Gasteiger partial charge in [-0.05, 0) is 35.4 Å². The van der Waals surface area contributed by atoms with Crippen molar-refractivity contribution in [3.63, 3.8) is 0 Å². The molecule has 0 amide bonds. The molecule has 0 aliphatic rings. The van der Waals surface area contributed by atoms with Gasteiger partial charge >= 0.3 is 0 Å². The molecule has 0 spiro atoms. The summed E-state index contributed by atoms with van der Waals surface area (Å²) in [6, 6.07) is 20.3. The zero-order valence-corrected chi connectivity index (χ0v) is 16.0. The van der Waals surface area contributed by atoms with E-state index in [0.29, 0.717) is 5.82 Å². The highest BCUT2D eigenvalue weighted by atomic mass is 15.5. The Kier molecular flexibility index (Phi) is 4.02. The largest absolute Gasteiger partial charge is 0.329 e. The van der Waals surface area contributed by atoms with Gasteiger partial charge in [-0.25, -0.2) is 4.98 Å². The highest BCUT2D eigenvalue weighted by Gasteiger charge is 2.13. The topological polar surface area (TPSA) is 87.9 Å². The summed E-state index contributed by atoms with van der Waals surface area (Å²) in [7, 11) is 2.03. The first kappa shape index (κ1) is 17.1. The van der Waals surface area contributed by atoms with E-state index < -0.39 is 0 Å². The van der Waals surface area contributed by atoms with Gasteiger partial charge in [0.1, 0.15) is 5.82 Å². The fourth-order valence-electron chi connectivity index (χ4n) is 3.46. The molecule has 0 saturated heterocycles. The van der Waals surface area contributed by atoms with Crippen LogP contribution < -0.4 is 4.90 Å². The number of aromatic nitrogens is 7. The van der Waals surface area contributed by atoms with Crippen molar-refractivity contribution in [2.24, 2.45) is 0 Å². The minimum atomic E-state index is 0.579. The molecule has 8 nitrogen and oxygen atoms in total. The molecule has 5 rings (SSSR count). The van der Waals surface area contributed by atoms with Crippen LogP contribution in [0.5, 0.6) is 0 Å². The Hall–Kier alpha value is -4.07. The summed E-state index contributed by atoms with van der Waals surface area (Å²) in [4.78, 5) is 6.62. The zero-order chi connectivity index (χ0) is 19.8. The molecule has 0 unspecified atom stereocenters. The van der Waals surface area contributed by atoms with Crippen LogP contribution in [0, 0.1) is 6.92 Å². The number of nitrogens with zero attached hydrogens (tertiary/aromatic N) is 7. The molecule has 0 saturated carbocycles. The fourth-order valence-corrected chi connectivity index (χ4v) is 3.46. The van der Waals surface area contributed by atoms with Crippen LogP contribution >= 0.6 is 0 Å². The second-order valence-electron chi connectivity index (χ2n) is 6.74. The number of aryl methyl sites for hydroxylation is 1. The summed E-state index contributed by atoms with van der Waals surface area (Å²) >= 11 is 0. The number of aromatic amines is 1. The van der Waals surface area contributed by atoms with Gasteiger partial charge in [-0.1, -0.05) is 36.4 Å². The number of fused-ring (bicyclic) bond motifs is 1. The normalized spacial score (nSPS) is 11.1. The Morgan fingerprint density at radius 1 is 0.966 bits per heavy atom. The summed E-state index contributed by atoms with van der Waals surface area (Å²) < 4.78 is 1.84. The first-order valence-corrected chi connectivity index (χ1v) is 9.19. The van der Waals surface area contributed by atoms with E-state index in [1.165, 1.54) is 0 Å². The lowest BCUT2D eigenvalue weighted by Gasteiger charge is -2.21. The maximum absolute atomic E-state index is 4.51. The minimum Gasteiger partial charge on any atom is -0.329 e. The van der Waals surface area contributed by atoms with Gasteiger partial charge < -0.3 is 4.90 Å². The third-order valence-corrected chi connectivity index (χ3v) is 4.89. The van der Waals surface area contributed by atoms with Crippen LogP contribution in [0.2, 0.25) is 0 Å². The van der Waals surface area contributed by atoms with Crippen LogP contribution in [-0.4, -0.2) is 42.3 Å². The van der Waals surface area contributed by atoms with Gasteiger partial charge in [0.25, 0.3) is 0 Å². The molecule has 0 aliphatic carbocycles. The molecule has 8 heteroatoms. The second kappa shape index (κ2) is 6.83. The number of hydrogen-bond acceptors (Lipinski definition) is 6. The van der Waals surface area contributed by atoms with E-state index in [1.54, 1.807) is 6.20 Å². The molecule has 0 radical (unpaired) electrons. The molecule has 0 bridgehead atoms. The number of hydrogen-bond donors (Lipinski definition) is 1. The van der Waals surface area contributed by atoms with E-state index in [2.05, 4.69) is 65.9 Å². The minimum absolute atomic E-state index is 0.579. The fraction of sp³-hybridized carbons (Fsp3) is 0.0952. The Bertz CT molecular complexity index is 1270. The second-order valence-corrected chi connectivity index (χ2v) is 6.74. The Balaban J connectivity index is 1.52. The molecule has 5 aromatic rings. The van der Waals surface area contributed by atoms with Gasteiger partial charge in [-0.15, -0.1) is 10.2 Å². The molecule has 0 aliphatic heterocycles. The lowest BCUT2D eigenvalue weighted by atomic mass is 9.99. The zero-order valence-electron chi connectivity index (χ0n) is 16.0. The molecule has 29 heavy (non-hydrogen) atoms. The van der Waals surface area contributed by atoms with E-state index in [1.807, 2.05) is 48.8 Å². The summed E-state index contributed by atoms with van der Waals surface area (Å²) in [5, 5.41) is 18.8. The molecular weight excluding hydrogens is 364 g/mol. The molecule has 3 heterocycles. The molecule has 2 aromatic carbocycles. The SMILES string of the molecule is Cc1cc(N(C)c2ccc(-c3ccccc3-c3nn[nH]n3)cc2)n2nccc2n1. The highest BCUT2D eigenvalue weighted by Crippen LogP contribution is 2.32. The summed E-state index contributed by atoms with van der Waals surface area (Å²) in [6.45, 7) is 1.99. The molecule has 0 atom stereocenters. The quantitative estimate of drug-likeness (QED) is 0.510. The maximum atomic E-state index is 4.51. The van der Waals surface area contributed by atoms with E-state index in [-0.39, 0.29) is 0 Å². The number of rotatable bonds is 4. The third-order valence-electron chi connectivity index (χ3n) is 4.89. The average molecular weight is 382 g/mol. The van der Waals surface area contributed by atoms with E-state index in [4.69, 9.17) is 0 Å². The molecule has 3 aromatic heterocycles. The Morgan fingerprint density at radius 2 is 1.76 bits per heavy atom. The van der Waals surface area contributed by atoms with Crippen molar-refractivity contribution in [2.75, 3.05) is 11.9 Å². The number of benzene rings is 2. The van der Waals surface area contributed by atoms with Gasteiger partial charge in [-0.3, -0.25) is 0 Å². The van der Waals surface area contributed by atoms with Crippen molar-refractivity contribution >= 4 is 17.2 Å². The third kappa shape index (κ3) is 3.00. The lowest BCUT2D eigenvalue weighted by molar-refractivity contribution is 0.881. The van der Waals surface area contributed by atoms with Crippen molar-refractivity contribution in [2.45, 2.75) is 6.92 Å². The van der Waals surface area contributed by atoms with Crippen molar-refractivity contribution in [1.82, 2.24) is 35.2 Å².